The first kappa shape index (κ1) is 15.2. The summed E-state index contributed by atoms with van der Waals surface area (Å²) in [6.07, 6.45) is 0. The van der Waals surface area contributed by atoms with Crippen molar-refractivity contribution in [3.05, 3.63) is 29.8 Å². The molecular formula is C14H19N3O2. The van der Waals surface area contributed by atoms with Crippen LogP contribution >= 0.6 is 0 Å². The summed E-state index contributed by atoms with van der Waals surface area (Å²) < 4.78 is 0. The molecule has 19 heavy (non-hydrogen) atoms. The van der Waals surface area contributed by atoms with E-state index in [0.29, 0.717) is 17.8 Å². The second-order valence-electron chi connectivity index (χ2n) is 5.23. The van der Waals surface area contributed by atoms with Crippen LogP contribution in [0.1, 0.15) is 19.4 Å². The molecule has 5 heteroatoms. The lowest BCUT2D eigenvalue weighted by Crippen LogP contribution is -2.40. The van der Waals surface area contributed by atoms with Gasteiger partial charge < -0.3 is 10.4 Å². The highest BCUT2D eigenvalue weighted by Crippen LogP contribution is 2.10. The molecule has 1 aromatic carbocycles. The molecule has 0 unspecified atom stereocenters. The normalized spacial score (nSPS) is 11.2. The maximum atomic E-state index is 11.8. The van der Waals surface area contributed by atoms with Crippen LogP contribution in [-0.2, 0) is 4.79 Å². The van der Waals surface area contributed by atoms with Gasteiger partial charge in [-0.25, -0.2) is 0 Å². The summed E-state index contributed by atoms with van der Waals surface area (Å²) in [4.78, 5) is 13.5. The van der Waals surface area contributed by atoms with Crippen molar-refractivity contribution in [1.82, 2.24) is 4.90 Å². The van der Waals surface area contributed by atoms with E-state index >= 15 is 0 Å². The molecule has 102 valence electrons. The van der Waals surface area contributed by atoms with Gasteiger partial charge in [-0.3, -0.25) is 9.69 Å². The fraction of sp³-hybridized carbons (Fsp3) is 0.429. The molecule has 0 heterocycles. The molecule has 0 aliphatic rings. The highest BCUT2D eigenvalue weighted by molar-refractivity contribution is 5.92. The molecule has 1 amide bonds. The van der Waals surface area contributed by atoms with E-state index in [0.717, 1.165) is 0 Å². The van der Waals surface area contributed by atoms with Crippen molar-refractivity contribution in [2.24, 2.45) is 0 Å². The van der Waals surface area contributed by atoms with E-state index in [1.54, 1.807) is 50.1 Å². The first-order chi connectivity index (χ1) is 8.80. The minimum absolute atomic E-state index is 0.179. The third-order valence-electron chi connectivity index (χ3n) is 2.35. The number of anilines is 1. The Morgan fingerprint density at radius 1 is 1.53 bits per heavy atom. The largest absolute Gasteiger partial charge is 0.389 e. The molecule has 1 rings (SSSR count). The molecule has 0 aliphatic heterocycles. The van der Waals surface area contributed by atoms with E-state index in [-0.39, 0.29) is 12.5 Å². The molecule has 0 saturated carbocycles. The van der Waals surface area contributed by atoms with E-state index in [2.05, 4.69) is 5.32 Å². The zero-order valence-electron chi connectivity index (χ0n) is 11.5. The van der Waals surface area contributed by atoms with Gasteiger partial charge in [-0.2, -0.15) is 5.26 Å². The number of hydrogen-bond donors (Lipinski definition) is 2. The Kier molecular flexibility index (Phi) is 5.04. The maximum absolute atomic E-state index is 11.8. The van der Waals surface area contributed by atoms with E-state index < -0.39 is 5.60 Å². The van der Waals surface area contributed by atoms with Crippen LogP contribution in [0.15, 0.2) is 24.3 Å². The van der Waals surface area contributed by atoms with E-state index in [9.17, 15) is 9.90 Å². The lowest BCUT2D eigenvalue weighted by molar-refractivity contribution is -0.117. The van der Waals surface area contributed by atoms with E-state index in [1.165, 1.54) is 0 Å². The molecule has 0 fully saturated rings. The molecular weight excluding hydrogens is 242 g/mol. The van der Waals surface area contributed by atoms with Crippen LogP contribution < -0.4 is 5.32 Å². The van der Waals surface area contributed by atoms with Crippen molar-refractivity contribution in [1.29, 1.82) is 5.26 Å². The summed E-state index contributed by atoms with van der Waals surface area (Å²) in [5, 5.41) is 21.1. The molecule has 0 atom stereocenters. The quantitative estimate of drug-likeness (QED) is 0.835. The van der Waals surface area contributed by atoms with Gasteiger partial charge in [0.15, 0.2) is 0 Å². The topological polar surface area (TPSA) is 76.4 Å². The fourth-order valence-corrected chi connectivity index (χ4v) is 1.83. The van der Waals surface area contributed by atoms with Crippen LogP contribution in [-0.4, -0.2) is 41.7 Å². The van der Waals surface area contributed by atoms with Crippen molar-refractivity contribution >= 4 is 11.6 Å². The first-order valence-electron chi connectivity index (χ1n) is 6.01. The lowest BCUT2D eigenvalue weighted by Gasteiger charge is -2.24. The summed E-state index contributed by atoms with van der Waals surface area (Å²) in [6, 6.07) is 8.76. The summed E-state index contributed by atoms with van der Waals surface area (Å²) >= 11 is 0. The Hall–Kier alpha value is -1.90. The summed E-state index contributed by atoms with van der Waals surface area (Å²) in [6.45, 7) is 3.97. The van der Waals surface area contributed by atoms with Crippen LogP contribution in [0.2, 0.25) is 0 Å². The van der Waals surface area contributed by atoms with Crippen molar-refractivity contribution in [2.75, 3.05) is 25.5 Å². The van der Waals surface area contributed by atoms with Gasteiger partial charge in [0.05, 0.1) is 23.8 Å². The summed E-state index contributed by atoms with van der Waals surface area (Å²) in [5.41, 5.74) is 0.263. The number of aliphatic hydroxyl groups is 1. The monoisotopic (exact) mass is 261 g/mol. The average molecular weight is 261 g/mol. The smallest absolute Gasteiger partial charge is 0.238 e. The zero-order valence-corrected chi connectivity index (χ0v) is 11.5. The van der Waals surface area contributed by atoms with Crippen molar-refractivity contribution in [2.45, 2.75) is 19.4 Å². The molecule has 0 aliphatic carbocycles. The number of rotatable bonds is 5. The van der Waals surface area contributed by atoms with Crippen LogP contribution in [0, 0.1) is 11.3 Å². The number of benzene rings is 1. The number of nitriles is 1. The first-order valence-corrected chi connectivity index (χ1v) is 6.01. The zero-order chi connectivity index (χ0) is 14.5. The van der Waals surface area contributed by atoms with Gasteiger partial charge in [0.2, 0.25) is 5.91 Å². The minimum Gasteiger partial charge on any atom is -0.389 e. The third-order valence-corrected chi connectivity index (χ3v) is 2.35. The molecule has 0 saturated heterocycles. The average Bonchev–Trinajstić information content (AvgIpc) is 2.26. The van der Waals surface area contributed by atoms with Crippen LogP contribution in [0.25, 0.3) is 0 Å². The second kappa shape index (κ2) is 6.32. The number of amides is 1. The number of nitrogens with one attached hydrogen (secondary N) is 1. The van der Waals surface area contributed by atoms with Gasteiger partial charge in [0, 0.05) is 12.2 Å². The summed E-state index contributed by atoms with van der Waals surface area (Å²) in [7, 11) is 1.77. The van der Waals surface area contributed by atoms with Crippen molar-refractivity contribution < 1.29 is 9.90 Å². The Morgan fingerprint density at radius 2 is 2.21 bits per heavy atom. The Morgan fingerprint density at radius 3 is 2.79 bits per heavy atom. The molecule has 0 bridgehead atoms. The molecule has 0 radical (unpaired) electrons. The van der Waals surface area contributed by atoms with Crippen molar-refractivity contribution in [3.8, 4) is 6.07 Å². The molecule has 0 spiro atoms. The SMILES string of the molecule is CN(CC(=O)Nc1cccc(C#N)c1)CC(C)(C)O. The number of carbonyl (C=O) groups excluding carboxylic acids is 1. The van der Waals surface area contributed by atoms with Gasteiger partial charge in [0.25, 0.3) is 0 Å². The Labute approximate surface area is 113 Å². The highest BCUT2D eigenvalue weighted by Gasteiger charge is 2.17. The molecule has 5 nitrogen and oxygen atoms in total. The Balaban J connectivity index is 2.53. The van der Waals surface area contributed by atoms with Gasteiger partial charge in [-0.05, 0) is 39.1 Å². The molecule has 2 N–H and O–H groups in total. The predicted molar refractivity (Wildman–Crippen MR) is 73.6 cm³/mol. The Bertz CT molecular complexity index is 486. The van der Waals surface area contributed by atoms with Gasteiger partial charge in [-0.15, -0.1) is 0 Å². The fourth-order valence-electron chi connectivity index (χ4n) is 1.83. The standard InChI is InChI=1S/C14H19N3O2/c1-14(2,19)10-17(3)9-13(18)16-12-6-4-5-11(7-12)8-15/h4-7,19H,9-10H2,1-3H3,(H,16,18). The second-order valence-corrected chi connectivity index (χ2v) is 5.23. The summed E-state index contributed by atoms with van der Waals surface area (Å²) in [5.74, 6) is -0.179. The van der Waals surface area contributed by atoms with Gasteiger partial charge in [0.1, 0.15) is 0 Å². The molecule has 0 aromatic heterocycles. The number of hydrogen-bond acceptors (Lipinski definition) is 4. The number of carbonyl (C=O) groups is 1. The maximum Gasteiger partial charge on any atom is 0.238 e. The lowest BCUT2D eigenvalue weighted by atomic mass is 10.1. The molecule has 1 aromatic rings. The van der Waals surface area contributed by atoms with Gasteiger partial charge >= 0.3 is 0 Å². The highest BCUT2D eigenvalue weighted by atomic mass is 16.3. The van der Waals surface area contributed by atoms with Gasteiger partial charge in [-0.1, -0.05) is 6.07 Å². The van der Waals surface area contributed by atoms with Crippen LogP contribution in [0.5, 0.6) is 0 Å². The van der Waals surface area contributed by atoms with Crippen molar-refractivity contribution in [3.63, 3.8) is 0 Å². The van der Waals surface area contributed by atoms with E-state index in [1.807, 2.05) is 6.07 Å². The number of likely N-dealkylation sites (N-methyl/N-ethyl adjacent to an activating group) is 1. The van der Waals surface area contributed by atoms with E-state index in [4.69, 9.17) is 5.26 Å². The predicted octanol–water partition coefficient (Wildman–Crippen LogP) is 1.20. The number of nitrogens with zero attached hydrogens (tertiary/aromatic N) is 2. The van der Waals surface area contributed by atoms with Crippen LogP contribution in [0.4, 0.5) is 5.69 Å². The minimum atomic E-state index is -0.838. The van der Waals surface area contributed by atoms with Crippen LogP contribution in [0.3, 0.4) is 0 Å². The third kappa shape index (κ3) is 6.00.